The smallest absolute Gasteiger partial charge is 0.368 e. The van der Waals surface area contributed by atoms with Crippen molar-refractivity contribution in [2.24, 2.45) is 5.92 Å². The Hall–Kier alpha value is -2.65. The number of piperazine rings is 1. The summed E-state index contributed by atoms with van der Waals surface area (Å²) in [6.45, 7) is 4.86. The molecule has 0 aromatic heterocycles. The molecule has 2 aromatic rings. The second kappa shape index (κ2) is 11.1. The molecule has 2 aliphatic heterocycles. The van der Waals surface area contributed by atoms with Crippen LogP contribution in [-0.4, -0.2) is 66.1 Å². The summed E-state index contributed by atoms with van der Waals surface area (Å²) in [6.07, 6.45) is -0.544. The Morgan fingerprint density at radius 1 is 1.05 bits per heavy atom. The molecule has 5 nitrogen and oxygen atoms in total. The van der Waals surface area contributed by atoms with E-state index in [0.717, 1.165) is 49.3 Å². The maximum Gasteiger partial charge on any atom is 0.416 e. The zero-order valence-electron chi connectivity index (χ0n) is 21.9. The highest BCUT2D eigenvalue weighted by molar-refractivity contribution is 8.04. The molecular weight excluding hydrogens is 547 g/mol. The van der Waals surface area contributed by atoms with Crippen molar-refractivity contribution in [1.82, 2.24) is 9.80 Å². The standard InChI is InChI=1S/C29H31ClF3N3O2S/c1-18-3-9-22(30)17-23(18)35-11-13-36(14-12-35)27(37)20-6-10-25-24(16-20)34(2)28(38)26(39-25)15-19-4-7-21(8-5-19)29(31,32)33/h3-5,7-9,15,17,20,24-25H,6,10-14,16H2,1-2H3/b26-15-. The number of hydrogen-bond donors (Lipinski definition) is 0. The van der Waals surface area contributed by atoms with Gasteiger partial charge in [-0.1, -0.05) is 29.8 Å². The number of halogens is 4. The third-order valence-electron chi connectivity index (χ3n) is 8.05. The van der Waals surface area contributed by atoms with Crippen molar-refractivity contribution in [3.8, 4) is 0 Å². The predicted octanol–water partition coefficient (Wildman–Crippen LogP) is 6.10. The lowest BCUT2D eigenvalue weighted by Crippen LogP contribution is -2.55. The molecule has 39 heavy (non-hydrogen) atoms. The molecule has 3 unspecified atom stereocenters. The summed E-state index contributed by atoms with van der Waals surface area (Å²) in [6, 6.07) is 10.7. The van der Waals surface area contributed by atoms with Gasteiger partial charge >= 0.3 is 6.18 Å². The summed E-state index contributed by atoms with van der Waals surface area (Å²) in [4.78, 5) is 33.1. The van der Waals surface area contributed by atoms with Crippen molar-refractivity contribution >= 4 is 46.9 Å². The molecule has 2 saturated heterocycles. The van der Waals surface area contributed by atoms with Crippen LogP contribution in [0.2, 0.25) is 5.02 Å². The monoisotopic (exact) mass is 577 g/mol. The normalized spacial score (nSPS) is 25.2. The van der Waals surface area contributed by atoms with Gasteiger partial charge in [-0.2, -0.15) is 13.2 Å². The molecule has 0 radical (unpaired) electrons. The maximum atomic E-state index is 13.5. The van der Waals surface area contributed by atoms with Gasteiger partial charge < -0.3 is 14.7 Å². The maximum absolute atomic E-state index is 13.5. The van der Waals surface area contributed by atoms with Gasteiger partial charge in [0.05, 0.1) is 10.5 Å². The zero-order valence-corrected chi connectivity index (χ0v) is 23.5. The largest absolute Gasteiger partial charge is 0.416 e. The van der Waals surface area contributed by atoms with Gasteiger partial charge in [0.2, 0.25) is 5.91 Å². The molecule has 2 aromatic carbocycles. The number of carbonyl (C=O) groups excluding carboxylic acids is 2. The molecule has 1 saturated carbocycles. The Kier molecular flexibility index (Phi) is 7.93. The number of rotatable bonds is 3. The van der Waals surface area contributed by atoms with Crippen molar-refractivity contribution in [3.05, 3.63) is 69.1 Å². The van der Waals surface area contributed by atoms with Crippen molar-refractivity contribution < 1.29 is 22.8 Å². The quantitative estimate of drug-likeness (QED) is 0.414. The summed E-state index contributed by atoms with van der Waals surface area (Å²) in [5.41, 5.74) is 2.11. The van der Waals surface area contributed by atoms with E-state index in [1.54, 1.807) is 18.0 Å². The van der Waals surface area contributed by atoms with Gasteiger partial charge in [-0.25, -0.2) is 0 Å². The van der Waals surface area contributed by atoms with Crippen LogP contribution >= 0.6 is 23.4 Å². The molecule has 3 aliphatic rings. The third kappa shape index (κ3) is 5.94. The highest BCUT2D eigenvalue weighted by Gasteiger charge is 2.44. The number of hydrogen-bond acceptors (Lipinski definition) is 4. The lowest BCUT2D eigenvalue weighted by Gasteiger charge is -2.45. The van der Waals surface area contributed by atoms with Crippen LogP contribution in [0.25, 0.3) is 6.08 Å². The molecule has 2 heterocycles. The minimum atomic E-state index is -4.40. The molecule has 1 aliphatic carbocycles. The molecule has 5 rings (SSSR count). The van der Waals surface area contributed by atoms with Crippen LogP contribution in [0.4, 0.5) is 18.9 Å². The van der Waals surface area contributed by atoms with Crippen LogP contribution in [-0.2, 0) is 15.8 Å². The second-order valence-electron chi connectivity index (χ2n) is 10.5. The summed E-state index contributed by atoms with van der Waals surface area (Å²) in [7, 11) is 1.76. The SMILES string of the molecule is Cc1ccc(Cl)cc1N1CCN(C(=O)C2CCC3S/C(=C\c4ccc(C(F)(F)F)cc4)C(=O)N(C)C3C2)CC1. The van der Waals surface area contributed by atoms with E-state index in [1.807, 2.05) is 23.1 Å². The molecule has 0 N–H and O–H groups in total. The fraction of sp³-hybridized carbons (Fsp3) is 0.448. The topological polar surface area (TPSA) is 43.9 Å². The van der Waals surface area contributed by atoms with E-state index in [4.69, 9.17) is 11.6 Å². The Morgan fingerprint density at radius 3 is 2.41 bits per heavy atom. The van der Waals surface area contributed by atoms with E-state index in [9.17, 15) is 22.8 Å². The number of aryl methyl sites for hydroxylation is 1. The molecule has 0 bridgehead atoms. The van der Waals surface area contributed by atoms with E-state index >= 15 is 0 Å². The fourth-order valence-electron chi connectivity index (χ4n) is 5.79. The number of alkyl halides is 3. The zero-order chi connectivity index (χ0) is 27.9. The van der Waals surface area contributed by atoms with E-state index in [1.165, 1.54) is 23.9 Å². The molecule has 3 atom stereocenters. The van der Waals surface area contributed by atoms with Crippen molar-refractivity contribution in [2.75, 3.05) is 38.1 Å². The lowest BCUT2D eigenvalue weighted by atomic mass is 9.83. The average Bonchev–Trinajstić information content (AvgIpc) is 2.92. The summed E-state index contributed by atoms with van der Waals surface area (Å²) < 4.78 is 38.7. The van der Waals surface area contributed by atoms with E-state index < -0.39 is 11.7 Å². The summed E-state index contributed by atoms with van der Waals surface area (Å²) in [5, 5.41) is 0.854. The number of nitrogens with zero attached hydrogens (tertiary/aromatic N) is 3. The molecule has 2 amide bonds. The Balaban J connectivity index is 1.20. The molecule has 10 heteroatoms. The minimum absolute atomic E-state index is 0.0506. The first-order valence-corrected chi connectivity index (χ1v) is 14.4. The fourth-order valence-corrected chi connectivity index (χ4v) is 7.44. The van der Waals surface area contributed by atoms with Gasteiger partial charge in [-0.05, 0) is 67.7 Å². The summed E-state index contributed by atoms with van der Waals surface area (Å²) in [5.74, 6) is -0.116. The van der Waals surface area contributed by atoms with Crippen LogP contribution in [0.3, 0.4) is 0 Å². The van der Waals surface area contributed by atoms with E-state index in [0.29, 0.717) is 35.0 Å². The van der Waals surface area contributed by atoms with Gasteiger partial charge in [0.15, 0.2) is 0 Å². The number of fused-ring (bicyclic) bond motifs is 1. The number of amides is 2. The highest BCUT2D eigenvalue weighted by Crippen LogP contribution is 2.44. The average molecular weight is 578 g/mol. The first kappa shape index (κ1) is 27.9. The van der Waals surface area contributed by atoms with Crippen molar-refractivity contribution in [3.63, 3.8) is 0 Å². The van der Waals surface area contributed by atoms with Crippen LogP contribution in [0.1, 0.15) is 36.0 Å². The van der Waals surface area contributed by atoms with Gasteiger partial charge in [0.1, 0.15) is 0 Å². The Bertz CT molecular complexity index is 1280. The van der Waals surface area contributed by atoms with Crippen LogP contribution in [0.15, 0.2) is 47.4 Å². The number of thioether (sulfide) groups is 1. The highest BCUT2D eigenvalue weighted by atomic mass is 35.5. The van der Waals surface area contributed by atoms with E-state index in [-0.39, 0.29) is 29.0 Å². The third-order valence-corrected chi connectivity index (χ3v) is 9.68. The predicted molar refractivity (Wildman–Crippen MR) is 150 cm³/mol. The van der Waals surface area contributed by atoms with Crippen LogP contribution in [0, 0.1) is 12.8 Å². The Morgan fingerprint density at radius 2 is 1.74 bits per heavy atom. The van der Waals surface area contributed by atoms with Gasteiger partial charge in [0, 0.05) is 61.1 Å². The van der Waals surface area contributed by atoms with Crippen molar-refractivity contribution in [2.45, 2.75) is 43.7 Å². The Labute approximate surface area is 236 Å². The number of benzene rings is 2. The minimum Gasteiger partial charge on any atom is -0.368 e. The van der Waals surface area contributed by atoms with Gasteiger partial charge in [-0.3, -0.25) is 9.59 Å². The molecule has 208 valence electrons. The lowest BCUT2D eigenvalue weighted by molar-refractivity contribution is -0.139. The molecular formula is C29H31ClF3N3O2S. The number of carbonyl (C=O) groups is 2. The summed E-state index contributed by atoms with van der Waals surface area (Å²) >= 11 is 7.69. The first-order chi connectivity index (χ1) is 18.5. The van der Waals surface area contributed by atoms with Crippen molar-refractivity contribution in [1.29, 1.82) is 0 Å². The molecule has 0 spiro atoms. The van der Waals surface area contributed by atoms with Gasteiger partial charge in [0.25, 0.3) is 5.91 Å². The van der Waals surface area contributed by atoms with Crippen LogP contribution in [0.5, 0.6) is 0 Å². The second-order valence-corrected chi connectivity index (χ2v) is 12.2. The molecule has 3 fully saturated rings. The van der Waals surface area contributed by atoms with E-state index in [2.05, 4.69) is 11.8 Å². The first-order valence-electron chi connectivity index (χ1n) is 13.1. The number of anilines is 1. The van der Waals surface area contributed by atoms with Gasteiger partial charge in [-0.15, -0.1) is 11.8 Å². The number of likely N-dealkylation sites (N-methyl/N-ethyl adjacent to an activating group) is 1. The van der Waals surface area contributed by atoms with Crippen LogP contribution < -0.4 is 4.90 Å².